The van der Waals surface area contributed by atoms with Gasteiger partial charge in [0.05, 0.1) is 6.10 Å². The van der Waals surface area contributed by atoms with Crippen LogP contribution in [-0.4, -0.2) is 17.3 Å². The SMILES string of the molecule is CCC(O)[C@H]1CCC2=Cc3c(cc(C)oc3=O)O[C@H]2C1. The molecule has 1 fully saturated rings. The molecule has 0 aromatic carbocycles. The maximum Gasteiger partial charge on any atom is 0.346 e. The van der Waals surface area contributed by atoms with Gasteiger partial charge in [-0.15, -0.1) is 0 Å². The third-order valence-electron chi connectivity index (χ3n) is 4.37. The van der Waals surface area contributed by atoms with Gasteiger partial charge in [-0.2, -0.15) is 0 Å². The zero-order valence-corrected chi connectivity index (χ0v) is 11.9. The summed E-state index contributed by atoms with van der Waals surface area (Å²) >= 11 is 0. The molecule has 0 radical (unpaired) electrons. The van der Waals surface area contributed by atoms with Gasteiger partial charge in [-0.05, 0) is 50.2 Å². The number of aliphatic hydroxyl groups is 1. The van der Waals surface area contributed by atoms with Gasteiger partial charge >= 0.3 is 5.63 Å². The van der Waals surface area contributed by atoms with Crippen LogP contribution in [0.25, 0.3) is 6.08 Å². The summed E-state index contributed by atoms with van der Waals surface area (Å²) in [6, 6.07) is 1.77. The standard InChI is InChI=1S/C16H20O4/c1-3-13(17)10-4-5-11-7-12-15(20-14(11)8-10)6-9(2)19-16(12)18/h6-7,10,13-14,17H,3-5,8H2,1-2H3/t10-,13?,14-/m0/s1. The first-order valence-electron chi connectivity index (χ1n) is 7.28. The summed E-state index contributed by atoms with van der Waals surface area (Å²) in [6.45, 7) is 3.75. The second kappa shape index (κ2) is 5.09. The highest BCUT2D eigenvalue weighted by atomic mass is 16.5. The van der Waals surface area contributed by atoms with Gasteiger partial charge in [-0.25, -0.2) is 4.79 Å². The number of ether oxygens (including phenoxy) is 1. The van der Waals surface area contributed by atoms with E-state index in [1.807, 2.05) is 13.0 Å². The van der Waals surface area contributed by atoms with E-state index in [-0.39, 0.29) is 23.8 Å². The van der Waals surface area contributed by atoms with Crippen LogP contribution in [0.1, 0.15) is 43.9 Å². The number of hydrogen-bond donors (Lipinski definition) is 1. The van der Waals surface area contributed by atoms with Gasteiger partial charge in [0.2, 0.25) is 0 Å². The molecule has 1 aliphatic heterocycles. The summed E-state index contributed by atoms with van der Waals surface area (Å²) in [4.78, 5) is 11.8. The molecule has 1 aliphatic carbocycles. The van der Waals surface area contributed by atoms with Crippen molar-refractivity contribution in [1.82, 2.24) is 0 Å². The Morgan fingerprint density at radius 2 is 2.30 bits per heavy atom. The predicted molar refractivity (Wildman–Crippen MR) is 75.7 cm³/mol. The first-order chi connectivity index (χ1) is 9.58. The van der Waals surface area contributed by atoms with Crippen molar-refractivity contribution in [2.24, 2.45) is 5.92 Å². The first kappa shape index (κ1) is 13.4. The topological polar surface area (TPSA) is 59.7 Å². The van der Waals surface area contributed by atoms with E-state index in [0.717, 1.165) is 31.3 Å². The predicted octanol–water partition coefficient (Wildman–Crippen LogP) is 2.66. The molecule has 0 bridgehead atoms. The van der Waals surface area contributed by atoms with Gasteiger partial charge < -0.3 is 14.3 Å². The lowest BCUT2D eigenvalue weighted by atomic mass is 9.79. The Morgan fingerprint density at radius 1 is 1.50 bits per heavy atom. The van der Waals surface area contributed by atoms with Crippen LogP contribution in [-0.2, 0) is 0 Å². The Hall–Kier alpha value is -1.55. The van der Waals surface area contributed by atoms with E-state index in [1.54, 1.807) is 13.0 Å². The molecule has 1 N–H and O–H groups in total. The summed E-state index contributed by atoms with van der Waals surface area (Å²) in [7, 11) is 0. The van der Waals surface area contributed by atoms with Crippen LogP contribution in [0.15, 0.2) is 20.9 Å². The van der Waals surface area contributed by atoms with Crippen LogP contribution < -0.4 is 10.4 Å². The maximum absolute atomic E-state index is 11.8. The molecule has 3 atom stereocenters. The Labute approximate surface area is 118 Å². The summed E-state index contributed by atoms with van der Waals surface area (Å²) in [5, 5.41) is 10.0. The average molecular weight is 276 g/mol. The van der Waals surface area contributed by atoms with Gasteiger partial charge in [0.25, 0.3) is 0 Å². The zero-order valence-electron chi connectivity index (χ0n) is 11.9. The summed E-state index contributed by atoms with van der Waals surface area (Å²) in [5.41, 5.74) is 1.34. The van der Waals surface area contributed by atoms with Gasteiger partial charge in [-0.3, -0.25) is 0 Å². The van der Waals surface area contributed by atoms with Gasteiger partial charge in [0.15, 0.2) is 0 Å². The molecule has 3 rings (SSSR count). The van der Waals surface area contributed by atoms with Crippen LogP contribution in [0.3, 0.4) is 0 Å². The molecule has 2 heterocycles. The third kappa shape index (κ3) is 2.29. The molecule has 2 aliphatic rings. The Balaban J connectivity index is 1.90. The number of hydrogen-bond acceptors (Lipinski definition) is 4. The van der Waals surface area contributed by atoms with E-state index in [4.69, 9.17) is 9.15 Å². The van der Waals surface area contributed by atoms with Crippen molar-refractivity contribution in [2.75, 3.05) is 0 Å². The molecule has 108 valence electrons. The van der Waals surface area contributed by atoms with E-state index in [1.165, 1.54) is 0 Å². The fourth-order valence-corrected chi connectivity index (χ4v) is 3.19. The minimum Gasteiger partial charge on any atom is -0.485 e. The Morgan fingerprint density at radius 3 is 3.05 bits per heavy atom. The fraction of sp³-hybridized carbons (Fsp3) is 0.562. The zero-order chi connectivity index (χ0) is 14.3. The second-order valence-corrected chi connectivity index (χ2v) is 5.76. The summed E-state index contributed by atoms with van der Waals surface area (Å²) in [6.07, 6.45) is 5.07. The molecule has 0 amide bonds. The van der Waals surface area contributed by atoms with Crippen LogP contribution >= 0.6 is 0 Å². The van der Waals surface area contributed by atoms with E-state index in [0.29, 0.717) is 17.1 Å². The molecule has 4 heteroatoms. The normalized spacial score (nSPS) is 26.1. The lowest BCUT2D eigenvalue weighted by molar-refractivity contribution is 0.0563. The Bertz CT molecular complexity index is 599. The molecule has 1 unspecified atom stereocenters. The van der Waals surface area contributed by atoms with Crippen molar-refractivity contribution in [3.8, 4) is 5.75 Å². The minimum atomic E-state index is -0.332. The number of aliphatic hydroxyl groups excluding tert-OH is 1. The van der Waals surface area contributed by atoms with Crippen molar-refractivity contribution in [2.45, 2.75) is 51.7 Å². The van der Waals surface area contributed by atoms with E-state index >= 15 is 0 Å². The second-order valence-electron chi connectivity index (χ2n) is 5.76. The number of aryl methyl sites for hydroxylation is 1. The first-order valence-corrected chi connectivity index (χ1v) is 7.28. The average Bonchev–Trinajstić information content (AvgIpc) is 2.44. The van der Waals surface area contributed by atoms with Crippen LogP contribution in [0.4, 0.5) is 0 Å². The van der Waals surface area contributed by atoms with E-state index in [9.17, 15) is 9.90 Å². The lowest BCUT2D eigenvalue weighted by Crippen LogP contribution is -2.35. The largest absolute Gasteiger partial charge is 0.485 e. The van der Waals surface area contributed by atoms with E-state index in [2.05, 4.69) is 0 Å². The van der Waals surface area contributed by atoms with Crippen molar-refractivity contribution in [3.63, 3.8) is 0 Å². The van der Waals surface area contributed by atoms with Crippen LogP contribution in [0, 0.1) is 12.8 Å². The molecular formula is C16H20O4. The summed E-state index contributed by atoms with van der Waals surface area (Å²) < 4.78 is 11.1. The molecule has 0 spiro atoms. The molecular weight excluding hydrogens is 256 g/mol. The quantitative estimate of drug-likeness (QED) is 0.902. The van der Waals surface area contributed by atoms with Crippen molar-refractivity contribution in [1.29, 1.82) is 0 Å². The van der Waals surface area contributed by atoms with Crippen molar-refractivity contribution >= 4 is 6.08 Å². The molecule has 1 aromatic heterocycles. The monoisotopic (exact) mass is 276 g/mol. The van der Waals surface area contributed by atoms with Crippen molar-refractivity contribution in [3.05, 3.63) is 33.4 Å². The van der Waals surface area contributed by atoms with Crippen LogP contribution in [0.5, 0.6) is 5.75 Å². The summed E-state index contributed by atoms with van der Waals surface area (Å²) in [5.74, 6) is 1.45. The molecule has 1 aromatic rings. The Kier molecular flexibility index (Phi) is 3.42. The lowest BCUT2D eigenvalue weighted by Gasteiger charge is -2.36. The van der Waals surface area contributed by atoms with Crippen molar-refractivity contribution < 1.29 is 14.3 Å². The smallest absolute Gasteiger partial charge is 0.346 e. The third-order valence-corrected chi connectivity index (χ3v) is 4.37. The van der Waals surface area contributed by atoms with Gasteiger partial charge in [-0.1, -0.05) is 6.92 Å². The molecule has 20 heavy (non-hydrogen) atoms. The van der Waals surface area contributed by atoms with Crippen LogP contribution in [0.2, 0.25) is 0 Å². The number of rotatable bonds is 2. The highest BCUT2D eigenvalue weighted by molar-refractivity contribution is 5.62. The minimum absolute atomic E-state index is 0.0105. The highest BCUT2D eigenvalue weighted by Crippen LogP contribution is 2.39. The van der Waals surface area contributed by atoms with Gasteiger partial charge in [0, 0.05) is 6.07 Å². The molecule has 1 saturated carbocycles. The number of fused-ring (bicyclic) bond motifs is 2. The molecule has 0 saturated heterocycles. The highest BCUT2D eigenvalue weighted by Gasteiger charge is 2.34. The molecule has 4 nitrogen and oxygen atoms in total. The maximum atomic E-state index is 11.8. The van der Waals surface area contributed by atoms with Gasteiger partial charge in [0.1, 0.15) is 23.2 Å². The van der Waals surface area contributed by atoms with E-state index < -0.39 is 0 Å². The fourth-order valence-electron chi connectivity index (χ4n) is 3.19.